The molecule has 9 heteroatoms. The second kappa shape index (κ2) is 7.19. The number of amides is 1. The fourth-order valence-corrected chi connectivity index (χ4v) is 3.45. The molecule has 0 atom stereocenters. The van der Waals surface area contributed by atoms with Gasteiger partial charge in [-0.25, -0.2) is 0 Å². The van der Waals surface area contributed by atoms with E-state index in [0.717, 1.165) is 11.3 Å². The lowest BCUT2D eigenvalue weighted by Gasteiger charge is -2.07. The molecule has 0 fully saturated rings. The van der Waals surface area contributed by atoms with Crippen molar-refractivity contribution < 1.29 is 4.79 Å². The summed E-state index contributed by atoms with van der Waals surface area (Å²) in [6.07, 6.45) is 1.75. The molecule has 0 saturated carbocycles. The lowest BCUT2D eigenvalue weighted by molar-refractivity contribution is 0.101. The minimum atomic E-state index is -0.295. The van der Waals surface area contributed by atoms with E-state index in [9.17, 15) is 4.79 Å². The fourth-order valence-electron chi connectivity index (χ4n) is 2.42. The quantitative estimate of drug-likeness (QED) is 0.655. The number of nitrogens with one attached hydrogen (secondary N) is 1. The summed E-state index contributed by atoms with van der Waals surface area (Å²) in [4.78, 5) is 12.5. The Balaban J connectivity index is 1.77. The molecule has 0 bridgehead atoms. The van der Waals surface area contributed by atoms with Crippen LogP contribution in [0.15, 0.2) is 34.9 Å². The van der Waals surface area contributed by atoms with E-state index in [1.807, 2.05) is 6.92 Å². The standard InChI is InChI=1S/C16H14BrCl2N5O/c1-9-14(17)15(23(2)21-9)16(25)20-13-6-7-24(22-13)8-10-11(18)4-3-5-12(10)19/h3-7H,8H2,1-2H3,(H,20,22,25). The Morgan fingerprint density at radius 1 is 1.24 bits per heavy atom. The first kappa shape index (κ1) is 18.0. The summed E-state index contributed by atoms with van der Waals surface area (Å²) in [6.45, 7) is 2.23. The van der Waals surface area contributed by atoms with Gasteiger partial charge in [-0.2, -0.15) is 10.2 Å². The number of carbonyl (C=O) groups is 1. The zero-order valence-corrected chi connectivity index (χ0v) is 16.5. The number of aromatic nitrogens is 4. The van der Waals surface area contributed by atoms with E-state index in [1.54, 1.807) is 42.2 Å². The third kappa shape index (κ3) is 3.73. The highest BCUT2D eigenvalue weighted by molar-refractivity contribution is 9.10. The van der Waals surface area contributed by atoms with Crippen molar-refractivity contribution in [3.63, 3.8) is 0 Å². The molecule has 1 N–H and O–H groups in total. The number of halogens is 3. The highest BCUT2D eigenvalue weighted by atomic mass is 79.9. The Labute approximate surface area is 162 Å². The summed E-state index contributed by atoms with van der Waals surface area (Å²) in [5, 5.41) is 12.5. The molecule has 2 aromatic heterocycles. The minimum absolute atomic E-state index is 0.295. The number of nitrogens with zero attached hydrogens (tertiary/aromatic N) is 4. The van der Waals surface area contributed by atoms with Crippen molar-refractivity contribution in [2.75, 3.05) is 5.32 Å². The molecule has 0 saturated heterocycles. The van der Waals surface area contributed by atoms with Crippen LogP contribution < -0.4 is 5.32 Å². The second-order valence-electron chi connectivity index (χ2n) is 5.42. The lowest BCUT2D eigenvalue weighted by Crippen LogP contribution is -2.17. The van der Waals surface area contributed by atoms with Crippen LogP contribution in [0.2, 0.25) is 10.0 Å². The van der Waals surface area contributed by atoms with Crippen LogP contribution >= 0.6 is 39.1 Å². The Bertz CT molecular complexity index is 930. The van der Waals surface area contributed by atoms with E-state index in [0.29, 0.717) is 32.6 Å². The maximum atomic E-state index is 12.5. The van der Waals surface area contributed by atoms with Gasteiger partial charge in [0.2, 0.25) is 0 Å². The first-order valence-electron chi connectivity index (χ1n) is 7.33. The zero-order chi connectivity index (χ0) is 18.1. The molecule has 1 aromatic carbocycles. The number of anilines is 1. The predicted octanol–water partition coefficient (Wildman–Crippen LogP) is 4.29. The minimum Gasteiger partial charge on any atom is -0.304 e. The van der Waals surface area contributed by atoms with Crippen molar-refractivity contribution in [3.8, 4) is 0 Å². The van der Waals surface area contributed by atoms with Crippen LogP contribution in [-0.4, -0.2) is 25.5 Å². The van der Waals surface area contributed by atoms with Crippen LogP contribution in [0.3, 0.4) is 0 Å². The molecule has 3 aromatic rings. The van der Waals surface area contributed by atoms with Crippen LogP contribution in [0.5, 0.6) is 0 Å². The normalized spacial score (nSPS) is 10.9. The van der Waals surface area contributed by atoms with Crippen LogP contribution in [0.1, 0.15) is 21.7 Å². The Hall–Kier alpha value is -1.83. The van der Waals surface area contributed by atoms with Gasteiger partial charge in [-0.3, -0.25) is 14.2 Å². The number of hydrogen-bond donors (Lipinski definition) is 1. The third-order valence-electron chi connectivity index (χ3n) is 3.63. The van der Waals surface area contributed by atoms with E-state index in [2.05, 4.69) is 31.4 Å². The average molecular weight is 443 g/mol. The third-order valence-corrected chi connectivity index (χ3v) is 5.29. The van der Waals surface area contributed by atoms with E-state index in [4.69, 9.17) is 23.2 Å². The summed E-state index contributed by atoms with van der Waals surface area (Å²) in [5.41, 5.74) is 1.95. The maximum absolute atomic E-state index is 12.5. The first-order valence-corrected chi connectivity index (χ1v) is 8.88. The average Bonchev–Trinajstić information content (AvgIpc) is 3.08. The topological polar surface area (TPSA) is 64.7 Å². The maximum Gasteiger partial charge on any atom is 0.276 e. The summed E-state index contributed by atoms with van der Waals surface area (Å²) in [6, 6.07) is 7.05. The van der Waals surface area contributed by atoms with E-state index < -0.39 is 0 Å². The molecule has 0 aliphatic carbocycles. The van der Waals surface area contributed by atoms with Crippen molar-refractivity contribution in [1.29, 1.82) is 0 Å². The van der Waals surface area contributed by atoms with E-state index in [1.165, 1.54) is 4.68 Å². The molecule has 0 aliphatic rings. The summed E-state index contributed by atoms with van der Waals surface area (Å²) in [7, 11) is 1.71. The van der Waals surface area contributed by atoms with Crippen LogP contribution in [0, 0.1) is 6.92 Å². The molecule has 0 radical (unpaired) electrons. The predicted molar refractivity (Wildman–Crippen MR) is 101 cm³/mol. The molecule has 0 aliphatic heterocycles. The van der Waals surface area contributed by atoms with Gasteiger partial charge >= 0.3 is 0 Å². The number of hydrogen-bond acceptors (Lipinski definition) is 3. The first-order chi connectivity index (χ1) is 11.9. The Morgan fingerprint density at radius 2 is 1.92 bits per heavy atom. The molecule has 6 nitrogen and oxygen atoms in total. The molecule has 130 valence electrons. The van der Waals surface area contributed by atoms with Crippen molar-refractivity contribution in [2.45, 2.75) is 13.5 Å². The van der Waals surface area contributed by atoms with E-state index >= 15 is 0 Å². The highest BCUT2D eigenvalue weighted by Crippen LogP contribution is 2.25. The van der Waals surface area contributed by atoms with Crippen molar-refractivity contribution >= 4 is 50.9 Å². The summed E-state index contributed by atoms with van der Waals surface area (Å²) in [5.74, 6) is 0.134. The number of aryl methyl sites for hydroxylation is 2. The van der Waals surface area contributed by atoms with Crippen molar-refractivity contribution in [3.05, 3.63) is 61.9 Å². The molecule has 0 spiro atoms. The second-order valence-corrected chi connectivity index (χ2v) is 7.03. The van der Waals surface area contributed by atoms with Gasteiger partial charge in [0.05, 0.1) is 16.7 Å². The van der Waals surface area contributed by atoms with Crippen molar-refractivity contribution in [1.82, 2.24) is 19.6 Å². The van der Waals surface area contributed by atoms with Gasteiger partial charge in [0, 0.05) is 34.9 Å². The zero-order valence-electron chi connectivity index (χ0n) is 13.4. The van der Waals surface area contributed by atoms with Crippen LogP contribution in [0.25, 0.3) is 0 Å². The molecular formula is C16H14BrCl2N5O. The van der Waals surface area contributed by atoms with Gasteiger partial charge < -0.3 is 5.32 Å². The number of rotatable bonds is 4. The Kier molecular flexibility index (Phi) is 5.17. The fraction of sp³-hybridized carbons (Fsp3) is 0.188. The smallest absolute Gasteiger partial charge is 0.276 e. The van der Waals surface area contributed by atoms with Gasteiger partial charge in [-0.15, -0.1) is 0 Å². The molecule has 25 heavy (non-hydrogen) atoms. The van der Waals surface area contributed by atoms with Crippen molar-refractivity contribution in [2.24, 2.45) is 7.05 Å². The highest BCUT2D eigenvalue weighted by Gasteiger charge is 2.19. The molecule has 2 heterocycles. The van der Waals surface area contributed by atoms with Gasteiger partial charge in [-0.1, -0.05) is 29.3 Å². The summed E-state index contributed by atoms with van der Waals surface area (Å²) >= 11 is 15.7. The molecule has 3 rings (SSSR count). The van der Waals surface area contributed by atoms with Crippen LogP contribution in [-0.2, 0) is 13.6 Å². The Morgan fingerprint density at radius 3 is 2.52 bits per heavy atom. The lowest BCUT2D eigenvalue weighted by atomic mass is 10.2. The molecule has 1 amide bonds. The van der Waals surface area contributed by atoms with Gasteiger partial charge in [0.15, 0.2) is 5.82 Å². The molecule has 0 unspecified atom stereocenters. The number of carbonyl (C=O) groups excluding carboxylic acids is 1. The van der Waals surface area contributed by atoms with Crippen LogP contribution in [0.4, 0.5) is 5.82 Å². The van der Waals surface area contributed by atoms with Gasteiger partial charge in [-0.05, 0) is 35.0 Å². The summed E-state index contributed by atoms with van der Waals surface area (Å²) < 4.78 is 3.84. The van der Waals surface area contributed by atoms with Gasteiger partial charge in [0.1, 0.15) is 5.69 Å². The largest absolute Gasteiger partial charge is 0.304 e. The number of benzene rings is 1. The molecular weight excluding hydrogens is 429 g/mol. The van der Waals surface area contributed by atoms with Gasteiger partial charge in [0.25, 0.3) is 5.91 Å². The monoisotopic (exact) mass is 441 g/mol. The SMILES string of the molecule is Cc1nn(C)c(C(=O)Nc2ccn(Cc3c(Cl)cccc3Cl)n2)c1Br. The van der Waals surface area contributed by atoms with E-state index in [-0.39, 0.29) is 5.91 Å².